The first kappa shape index (κ1) is 27.8. The van der Waals surface area contributed by atoms with Crippen molar-refractivity contribution in [2.75, 3.05) is 12.9 Å². The molecule has 26 heavy (non-hydrogen) atoms. The lowest BCUT2D eigenvalue weighted by atomic mass is 9.74. The van der Waals surface area contributed by atoms with Crippen molar-refractivity contribution < 1.29 is 18.9 Å². The average Bonchev–Trinajstić information content (AvgIpc) is 2.63. The smallest absolute Gasteiger partial charge is 0.102 e. The molecule has 0 radical (unpaired) electrons. The van der Waals surface area contributed by atoms with E-state index < -0.39 is 0 Å². The summed E-state index contributed by atoms with van der Waals surface area (Å²) in [4.78, 5) is 7.06. The van der Waals surface area contributed by atoms with Gasteiger partial charge in [-0.15, -0.1) is 6.58 Å². The zero-order chi connectivity index (χ0) is 20.2. The summed E-state index contributed by atoms with van der Waals surface area (Å²) in [5.74, 6) is 2.50. The summed E-state index contributed by atoms with van der Waals surface area (Å²) in [5.41, 5.74) is 0. The maximum absolute atomic E-state index is 12.9. The summed E-state index contributed by atoms with van der Waals surface area (Å²) >= 11 is 3.92. The van der Waals surface area contributed by atoms with Crippen LogP contribution in [0.4, 0.5) is 9.05 Å². The molecule has 0 amide bonds. The fourth-order valence-corrected chi connectivity index (χ4v) is 3.19. The fourth-order valence-electron chi connectivity index (χ4n) is 3.19. The van der Waals surface area contributed by atoms with Gasteiger partial charge in [0.15, 0.2) is 0 Å². The Labute approximate surface area is 165 Å². The first-order valence-corrected chi connectivity index (χ1v) is 10.5. The molecule has 0 N–H and O–H groups in total. The quantitative estimate of drug-likeness (QED) is 0.323. The normalized spacial score (nSPS) is 20.8. The van der Waals surface area contributed by atoms with Crippen LogP contribution in [0.25, 0.3) is 0 Å². The van der Waals surface area contributed by atoms with Gasteiger partial charge in [-0.3, -0.25) is 0 Å². The Morgan fingerprint density at radius 1 is 1.23 bits per heavy atom. The Balaban J connectivity index is 0. The molecule has 1 aliphatic carbocycles. The minimum atomic E-state index is -0.234. The van der Waals surface area contributed by atoms with Crippen LogP contribution < -0.4 is 0 Å². The Morgan fingerprint density at radius 3 is 2.27 bits per heavy atom. The molecule has 1 fully saturated rings. The first-order chi connectivity index (χ1) is 12.5. The Kier molecular flexibility index (Phi) is 22.4. The third kappa shape index (κ3) is 15.8. The molecule has 156 valence electrons. The van der Waals surface area contributed by atoms with Gasteiger partial charge in [0.25, 0.3) is 0 Å². The van der Waals surface area contributed by atoms with Crippen LogP contribution in [0.5, 0.6) is 0 Å². The second-order valence-corrected chi connectivity index (χ2v) is 7.43. The van der Waals surface area contributed by atoms with Crippen molar-refractivity contribution in [3.63, 3.8) is 0 Å². The predicted octanol–water partition coefficient (Wildman–Crippen LogP) is 7.47. The minimum Gasteiger partial charge on any atom is -0.198 e. The van der Waals surface area contributed by atoms with Crippen LogP contribution in [-0.4, -0.2) is 19.0 Å². The summed E-state index contributed by atoms with van der Waals surface area (Å²) in [6.07, 6.45) is 14.7. The van der Waals surface area contributed by atoms with E-state index in [1.807, 2.05) is 6.08 Å². The van der Waals surface area contributed by atoms with E-state index in [4.69, 9.17) is 0 Å². The maximum Gasteiger partial charge on any atom is 0.102 e. The largest absolute Gasteiger partial charge is 0.198 e. The molecular weight excluding hydrogens is 354 g/mol. The molecule has 0 spiro atoms. The molecule has 0 aromatic rings. The number of allylic oxidation sites excluding steroid dienone is 3. The van der Waals surface area contributed by atoms with E-state index in [9.17, 15) is 9.05 Å². The highest BCUT2D eigenvalue weighted by atomic mass is 32.1. The number of hydrogen-bond donors (Lipinski definition) is 1. The van der Waals surface area contributed by atoms with Crippen LogP contribution in [0.1, 0.15) is 72.1 Å². The van der Waals surface area contributed by atoms with E-state index >= 15 is 0 Å². The molecule has 1 saturated carbocycles. The van der Waals surface area contributed by atoms with Crippen LogP contribution >= 0.6 is 12.6 Å². The minimum absolute atomic E-state index is 0.234. The topological polar surface area (TPSA) is 18.5 Å². The van der Waals surface area contributed by atoms with Gasteiger partial charge in [-0.2, -0.15) is 22.5 Å². The van der Waals surface area contributed by atoms with Crippen molar-refractivity contribution >= 4 is 12.6 Å². The van der Waals surface area contributed by atoms with Gasteiger partial charge in [0.05, 0.1) is 7.11 Å². The highest BCUT2D eigenvalue weighted by Gasteiger charge is 2.32. The van der Waals surface area contributed by atoms with Gasteiger partial charge >= 0.3 is 0 Å². The highest BCUT2D eigenvalue weighted by Crippen LogP contribution is 2.37. The maximum atomic E-state index is 12.9. The molecule has 0 bridgehead atoms. The Bertz CT molecular complexity index is 323. The lowest BCUT2D eigenvalue weighted by Gasteiger charge is -2.34. The lowest BCUT2D eigenvalue weighted by Crippen LogP contribution is -2.31. The average molecular weight is 395 g/mol. The molecule has 0 unspecified atom stereocenters. The molecule has 0 aromatic heterocycles. The van der Waals surface area contributed by atoms with Crippen LogP contribution in [0.2, 0.25) is 0 Å². The molecular formula is C21H40F2O2S. The second-order valence-electron chi connectivity index (χ2n) is 6.99. The number of hydrogen-bond acceptors (Lipinski definition) is 3. The Hall–Kier alpha value is -0.390. The van der Waals surface area contributed by atoms with E-state index in [-0.39, 0.29) is 6.10 Å². The predicted molar refractivity (Wildman–Crippen MR) is 112 cm³/mol. The van der Waals surface area contributed by atoms with Crippen LogP contribution in [-0.2, 0) is 9.88 Å². The van der Waals surface area contributed by atoms with Crippen molar-refractivity contribution in [3.8, 4) is 0 Å². The van der Waals surface area contributed by atoms with E-state index in [1.165, 1.54) is 25.7 Å². The molecule has 0 aromatic carbocycles. The standard InChI is InChI=1S/C17H29FO.C3H8S.CH3FO/c1-4-9-15-11-6-7-12-16(15)17(19-18)13-8-5-10-14(2)3;1-2-3-4;1-3-2/h4-5,10,14-17H,1,6-9,11-13H2,2-3H3;4H,2-3H2,1H3;1H3/b10-5+;;/t15-,16-,17-;;/m0../s1. The number of rotatable bonds is 9. The van der Waals surface area contributed by atoms with E-state index in [2.05, 4.69) is 62.0 Å². The molecule has 5 heteroatoms. The zero-order valence-corrected chi connectivity index (χ0v) is 18.0. The van der Waals surface area contributed by atoms with Gasteiger partial charge in [0, 0.05) is 0 Å². The molecule has 0 aliphatic heterocycles. The summed E-state index contributed by atoms with van der Waals surface area (Å²) in [6.45, 7) is 10.2. The molecule has 1 aliphatic rings. The monoisotopic (exact) mass is 394 g/mol. The SMILES string of the molecule is C=CC[C@H]1CCCC[C@@H]1[C@H](CC/C=C/C(C)C)OF.CCCS.COF. The van der Waals surface area contributed by atoms with Crippen molar-refractivity contribution in [2.24, 2.45) is 17.8 Å². The van der Waals surface area contributed by atoms with Crippen molar-refractivity contribution in [2.45, 2.75) is 78.2 Å². The van der Waals surface area contributed by atoms with Crippen LogP contribution in [0, 0.1) is 17.8 Å². The molecule has 3 atom stereocenters. The second kappa shape index (κ2) is 20.9. The highest BCUT2D eigenvalue weighted by molar-refractivity contribution is 7.80. The van der Waals surface area contributed by atoms with Crippen molar-refractivity contribution in [1.29, 1.82) is 0 Å². The number of thiol groups is 1. The van der Waals surface area contributed by atoms with Crippen LogP contribution in [0.3, 0.4) is 0 Å². The van der Waals surface area contributed by atoms with Gasteiger partial charge < -0.3 is 0 Å². The summed E-state index contributed by atoms with van der Waals surface area (Å²) in [6, 6.07) is 0. The molecule has 1 rings (SSSR count). The van der Waals surface area contributed by atoms with Crippen LogP contribution in [0.15, 0.2) is 24.8 Å². The van der Waals surface area contributed by atoms with Crippen molar-refractivity contribution in [1.82, 2.24) is 0 Å². The third-order valence-electron chi connectivity index (χ3n) is 4.39. The van der Waals surface area contributed by atoms with E-state index in [1.54, 1.807) is 0 Å². The van der Waals surface area contributed by atoms with Gasteiger partial charge in [-0.05, 0) is 71.1 Å². The summed E-state index contributed by atoms with van der Waals surface area (Å²) in [7, 11) is 0.958. The molecule has 0 saturated heterocycles. The summed E-state index contributed by atoms with van der Waals surface area (Å²) < 4.78 is 22.7. The van der Waals surface area contributed by atoms with E-state index in [0.29, 0.717) is 17.8 Å². The first-order valence-electron chi connectivity index (χ1n) is 9.82. The molecule has 2 nitrogen and oxygen atoms in total. The number of halogens is 2. The zero-order valence-electron chi connectivity index (χ0n) is 17.1. The van der Waals surface area contributed by atoms with E-state index in [0.717, 1.165) is 38.5 Å². The summed E-state index contributed by atoms with van der Waals surface area (Å²) in [5, 5.41) is 0. The van der Waals surface area contributed by atoms with Crippen molar-refractivity contribution in [3.05, 3.63) is 24.8 Å². The van der Waals surface area contributed by atoms with Gasteiger partial charge in [-0.25, -0.2) is 0 Å². The molecule has 0 heterocycles. The lowest BCUT2D eigenvalue weighted by molar-refractivity contribution is -0.206. The Morgan fingerprint density at radius 2 is 1.81 bits per heavy atom. The van der Waals surface area contributed by atoms with Gasteiger partial charge in [0.2, 0.25) is 0 Å². The third-order valence-corrected chi connectivity index (χ3v) is 4.84. The fraction of sp³-hybridized carbons (Fsp3) is 0.810. The van der Waals surface area contributed by atoms with Gasteiger partial charge in [0.1, 0.15) is 6.10 Å². The van der Waals surface area contributed by atoms with Gasteiger partial charge in [-0.1, -0.05) is 51.8 Å².